The molecule has 0 unspecified atom stereocenters. The van der Waals surface area contributed by atoms with Crippen molar-refractivity contribution < 1.29 is 23.4 Å². The first-order valence-corrected chi connectivity index (χ1v) is 6.45. The maximum absolute atomic E-state index is 13.0. The van der Waals surface area contributed by atoms with Gasteiger partial charge in [0.15, 0.2) is 12.8 Å². The van der Waals surface area contributed by atoms with Gasteiger partial charge in [0.1, 0.15) is 5.82 Å². The first-order valence-electron chi connectivity index (χ1n) is 6.07. The van der Waals surface area contributed by atoms with Crippen molar-refractivity contribution >= 4 is 29.2 Å². The summed E-state index contributed by atoms with van der Waals surface area (Å²) >= 11 is 5.57. The van der Waals surface area contributed by atoms with Crippen LogP contribution in [0.5, 0.6) is 0 Å². The van der Waals surface area contributed by atoms with Crippen LogP contribution in [0.15, 0.2) is 42.6 Å². The number of rotatable bonds is 4. The summed E-state index contributed by atoms with van der Waals surface area (Å²) in [7, 11) is 0. The molecule has 0 aliphatic carbocycles. The number of halogens is 2. The van der Waals surface area contributed by atoms with E-state index in [-0.39, 0.29) is 16.4 Å². The predicted molar refractivity (Wildman–Crippen MR) is 75.7 cm³/mol. The number of pyridine rings is 1. The standard InChI is InChI=1S/C14H10ClFN2O4/c15-10-7-9(4-5-11(10)16)17-13(19)8-22-14(20)12-3-1-2-6-18(12)21/h1-7H,8H2,(H,17,19). The number of hydrogen-bond acceptors (Lipinski definition) is 4. The minimum atomic E-state index is -0.928. The maximum atomic E-state index is 13.0. The lowest BCUT2D eigenvalue weighted by molar-refractivity contribution is -0.608. The van der Waals surface area contributed by atoms with Crippen molar-refractivity contribution in [1.29, 1.82) is 0 Å². The zero-order valence-corrected chi connectivity index (χ0v) is 11.8. The SMILES string of the molecule is O=C(COC(=O)c1cccc[n+]1[O-])Nc1ccc(F)c(Cl)c1. The Bertz CT molecular complexity index is 724. The van der Waals surface area contributed by atoms with E-state index in [2.05, 4.69) is 5.32 Å². The van der Waals surface area contributed by atoms with Crippen LogP contribution in [0, 0.1) is 11.0 Å². The number of hydrogen-bond donors (Lipinski definition) is 1. The number of ether oxygens (including phenoxy) is 1. The molecular weight excluding hydrogens is 315 g/mol. The molecule has 1 N–H and O–H groups in total. The van der Waals surface area contributed by atoms with E-state index < -0.39 is 24.3 Å². The predicted octanol–water partition coefficient (Wildman–Crippen LogP) is 1.91. The molecule has 0 aliphatic heterocycles. The largest absolute Gasteiger partial charge is 0.618 e. The third-order valence-corrected chi connectivity index (χ3v) is 2.86. The average molecular weight is 325 g/mol. The van der Waals surface area contributed by atoms with Crippen LogP contribution in [0.2, 0.25) is 5.02 Å². The second-order valence-electron chi connectivity index (χ2n) is 4.16. The van der Waals surface area contributed by atoms with Gasteiger partial charge in [-0.1, -0.05) is 11.6 Å². The van der Waals surface area contributed by atoms with Gasteiger partial charge in [-0.3, -0.25) is 4.79 Å². The van der Waals surface area contributed by atoms with Gasteiger partial charge in [0.05, 0.1) is 5.02 Å². The molecular formula is C14H10ClFN2O4. The summed E-state index contributed by atoms with van der Waals surface area (Å²) in [5.41, 5.74) is 0.0196. The van der Waals surface area contributed by atoms with E-state index in [1.165, 1.54) is 30.3 Å². The number of aromatic nitrogens is 1. The number of benzene rings is 1. The summed E-state index contributed by atoms with van der Waals surface area (Å²) in [5.74, 6) is -2.19. The number of esters is 1. The minimum Gasteiger partial charge on any atom is -0.618 e. The van der Waals surface area contributed by atoms with Gasteiger partial charge in [-0.2, -0.15) is 4.73 Å². The topological polar surface area (TPSA) is 82.3 Å². The molecule has 0 fully saturated rings. The normalized spacial score (nSPS) is 10.1. The van der Waals surface area contributed by atoms with E-state index in [9.17, 15) is 19.2 Å². The lowest BCUT2D eigenvalue weighted by Gasteiger charge is -2.07. The highest BCUT2D eigenvalue weighted by atomic mass is 35.5. The van der Waals surface area contributed by atoms with E-state index >= 15 is 0 Å². The van der Waals surface area contributed by atoms with Crippen LogP contribution in [0.3, 0.4) is 0 Å². The third kappa shape index (κ3) is 3.92. The third-order valence-electron chi connectivity index (χ3n) is 2.57. The molecule has 2 rings (SSSR count). The van der Waals surface area contributed by atoms with Crippen molar-refractivity contribution in [2.45, 2.75) is 0 Å². The molecule has 1 heterocycles. The van der Waals surface area contributed by atoms with E-state index in [1.54, 1.807) is 0 Å². The highest BCUT2D eigenvalue weighted by molar-refractivity contribution is 6.31. The molecule has 1 aromatic carbocycles. The number of carbonyl (C=O) groups is 2. The molecule has 2 aromatic rings. The summed E-state index contributed by atoms with van der Waals surface area (Å²) in [6.07, 6.45) is 1.14. The molecule has 0 saturated heterocycles. The lowest BCUT2D eigenvalue weighted by Crippen LogP contribution is -2.35. The van der Waals surface area contributed by atoms with Crippen molar-refractivity contribution in [1.82, 2.24) is 0 Å². The molecule has 0 aliphatic rings. The van der Waals surface area contributed by atoms with Crippen molar-refractivity contribution in [3.8, 4) is 0 Å². The summed E-state index contributed by atoms with van der Waals surface area (Å²) in [6.45, 7) is -0.595. The second-order valence-corrected chi connectivity index (χ2v) is 4.57. The highest BCUT2D eigenvalue weighted by Gasteiger charge is 2.18. The van der Waals surface area contributed by atoms with Gasteiger partial charge < -0.3 is 15.3 Å². The highest BCUT2D eigenvalue weighted by Crippen LogP contribution is 2.19. The fourth-order valence-electron chi connectivity index (χ4n) is 1.56. The van der Waals surface area contributed by atoms with E-state index in [1.807, 2.05) is 0 Å². The van der Waals surface area contributed by atoms with E-state index in [0.717, 1.165) is 12.3 Å². The zero-order valence-electron chi connectivity index (χ0n) is 11.1. The van der Waals surface area contributed by atoms with Crippen LogP contribution in [-0.2, 0) is 9.53 Å². The van der Waals surface area contributed by atoms with Crippen LogP contribution < -0.4 is 10.0 Å². The molecule has 8 heteroatoms. The Kier molecular flexibility index (Phi) is 4.90. The molecule has 6 nitrogen and oxygen atoms in total. The van der Waals surface area contributed by atoms with Gasteiger partial charge in [-0.15, -0.1) is 0 Å². The Morgan fingerprint density at radius 1 is 1.32 bits per heavy atom. The number of anilines is 1. The van der Waals surface area contributed by atoms with Crippen LogP contribution >= 0.6 is 11.6 Å². The van der Waals surface area contributed by atoms with Crippen LogP contribution in [0.1, 0.15) is 10.5 Å². The maximum Gasteiger partial charge on any atom is 0.405 e. The molecule has 1 amide bonds. The van der Waals surface area contributed by atoms with Crippen molar-refractivity contribution in [3.05, 3.63) is 64.3 Å². The van der Waals surface area contributed by atoms with Crippen LogP contribution in [0.25, 0.3) is 0 Å². The first-order chi connectivity index (χ1) is 10.5. The quantitative estimate of drug-likeness (QED) is 0.529. The monoisotopic (exact) mass is 324 g/mol. The first kappa shape index (κ1) is 15.7. The van der Waals surface area contributed by atoms with Gasteiger partial charge in [-0.05, 0) is 24.3 Å². The molecule has 0 radical (unpaired) electrons. The molecule has 22 heavy (non-hydrogen) atoms. The van der Waals surface area contributed by atoms with E-state index in [0.29, 0.717) is 4.73 Å². The smallest absolute Gasteiger partial charge is 0.405 e. The number of amides is 1. The average Bonchev–Trinajstić information content (AvgIpc) is 2.49. The van der Waals surface area contributed by atoms with Crippen LogP contribution in [-0.4, -0.2) is 18.5 Å². The molecule has 0 spiro atoms. The Labute approximate surface area is 129 Å². The summed E-state index contributed by atoms with van der Waals surface area (Å²) in [5, 5.41) is 13.6. The molecule has 0 atom stereocenters. The van der Waals surface area contributed by atoms with Gasteiger partial charge in [0.25, 0.3) is 5.91 Å². The van der Waals surface area contributed by atoms with Crippen molar-refractivity contribution in [3.63, 3.8) is 0 Å². The minimum absolute atomic E-state index is 0.147. The van der Waals surface area contributed by atoms with Gasteiger partial charge in [0, 0.05) is 17.8 Å². The second kappa shape index (κ2) is 6.86. The van der Waals surface area contributed by atoms with Crippen molar-refractivity contribution in [2.24, 2.45) is 0 Å². The number of nitrogens with zero attached hydrogens (tertiary/aromatic N) is 1. The fraction of sp³-hybridized carbons (Fsp3) is 0.0714. The molecule has 0 saturated carbocycles. The Morgan fingerprint density at radius 2 is 2.09 bits per heavy atom. The lowest BCUT2D eigenvalue weighted by atomic mass is 10.3. The summed E-state index contributed by atoms with van der Waals surface area (Å²) < 4.78 is 18.0. The molecule has 1 aromatic heterocycles. The number of carbonyl (C=O) groups excluding carboxylic acids is 2. The summed E-state index contributed by atoms with van der Waals surface area (Å²) in [6, 6.07) is 7.84. The molecule has 0 bridgehead atoms. The summed E-state index contributed by atoms with van der Waals surface area (Å²) in [4.78, 5) is 23.2. The number of nitrogens with one attached hydrogen (secondary N) is 1. The Hall–Kier alpha value is -2.67. The van der Waals surface area contributed by atoms with E-state index in [4.69, 9.17) is 16.3 Å². The fourth-order valence-corrected chi connectivity index (χ4v) is 1.74. The van der Waals surface area contributed by atoms with Crippen LogP contribution in [0.4, 0.5) is 10.1 Å². The van der Waals surface area contributed by atoms with Gasteiger partial charge in [0.2, 0.25) is 0 Å². The molecule has 114 valence electrons. The van der Waals surface area contributed by atoms with Crippen molar-refractivity contribution in [2.75, 3.05) is 11.9 Å². The Balaban J connectivity index is 1.91. The zero-order chi connectivity index (χ0) is 16.1. The Morgan fingerprint density at radius 3 is 2.77 bits per heavy atom. The van der Waals surface area contributed by atoms with Gasteiger partial charge >= 0.3 is 11.7 Å². The van der Waals surface area contributed by atoms with Gasteiger partial charge in [-0.25, -0.2) is 9.18 Å².